The van der Waals surface area contributed by atoms with Crippen LogP contribution in [0.3, 0.4) is 0 Å². The Labute approximate surface area is 201 Å². The molecule has 2 bridgehead atoms. The molecule has 2 aromatic carbocycles. The maximum atomic E-state index is 11.8. The van der Waals surface area contributed by atoms with Crippen LogP contribution in [0.25, 0.3) is 0 Å². The molecule has 180 valence electrons. The summed E-state index contributed by atoms with van der Waals surface area (Å²) in [4.78, 5) is 2.75. The first-order chi connectivity index (χ1) is 16.5. The molecular weight excluding hydrogens is 426 g/mol. The number of nitrogens with zero attached hydrogens (tertiary/aromatic N) is 1. The molecule has 0 radical (unpaired) electrons. The standard InChI is InChI=1S/C29H35NO4/c1-28(25(32)18-6-4-3-5-7-18)15-20-21-14-19-10-11-22(31)24-23(19)29(20,27(34-24)26(28)33-2)12-13-30(21)16-17-8-9-17/h3-7,10-11,17,20-21,25-27,31-32H,8-9,12-16H2,1-2H3/t20?,21-,25-,26?,27+,28-,29+/m1/s1. The van der Waals surface area contributed by atoms with Crippen molar-refractivity contribution in [3.63, 3.8) is 0 Å². The minimum atomic E-state index is -0.657. The van der Waals surface area contributed by atoms with Crippen molar-refractivity contribution in [2.75, 3.05) is 20.2 Å². The predicted molar refractivity (Wildman–Crippen MR) is 129 cm³/mol. The lowest BCUT2D eigenvalue weighted by molar-refractivity contribution is -0.202. The average molecular weight is 462 g/mol. The summed E-state index contributed by atoms with van der Waals surface area (Å²) in [6, 6.07) is 14.4. The van der Waals surface area contributed by atoms with E-state index in [0.29, 0.717) is 17.7 Å². The maximum absolute atomic E-state index is 11.8. The van der Waals surface area contributed by atoms with Crippen LogP contribution in [0.4, 0.5) is 0 Å². The molecule has 3 fully saturated rings. The number of ether oxygens (including phenoxy) is 2. The summed E-state index contributed by atoms with van der Waals surface area (Å²) < 4.78 is 13.0. The van der Waals surface area contributed by atoms with Crippen LogP contribution >= 0.6 is 0 Å². The summed E-state index contributed by atoms with van der Waals surface area (Å²) in [6.07, 6.45) is 4.45. The van der Waals surface area contributed by atoms with E-state index in [2.05, 4.69) is 17.9 Å². The Morgan fingerprint density at radius 3 is 2.71 bits per heavy atom. The van der Waals surface area contributed by atoms with E-state index in [0.717, 1.165) is 37.3 Å². The van der Waals surface area contributed by atoms with Gasteiger partial charge in [0.05, 0.1) is 6.10 Å². The number of hydrogen-bond donors (Lipinski definition) is 2. The second-order valence-corrected chi connectivity index (χ2v) is 11.8. The van der Waals surface area contributed by atoms with Crippen molar-refractivity contribution in [3.05, 3.63) is 59.2 Å². The van der Waals surface area contributed by atoms with Crippen LogP contribution in [0.1, 0.15) is 55.4 Å². The van der Waals surface area contributed by atoms with Crippen LogP contribution < -0.4 is 4.74 Å². The first-order valence-corrected chi connectivity index (χ1v) is 13.0. The smallest absolute Gasteiger partial charge is 0.165 e. The van der Waals surface area contributed by atoms with E-state index in [1.54, 1.807) is 7.11 Å². The number of piperidine rings is 1. The van der Waals surface area contributed by atoms with Crippen molar-refractivity contribution in [3.8, 4) is 11.5 Å². The van der Waals surface area contributed by atoms with Crippen LogP contribution in [-0.2, 0) is 16.6 Å². The molecule has 0 aromatic heterocycles. The average Bonchev–Trinajstić information content (AvgIpc) is 3.60. The van der Waals surface area contributed by atoms with Gasteiger partial charge < -0.3 is 19.7 Å². The number of benzene rings is 2. The van der Waals surface area contributed by atoms with Gasteiger partial charge in [-0.15, -0.1) is 0 Å². The lowest BCUT2D eigenvalue weighted by Gasteiger charge is -2.63. The van der Waals surface area contributed by atoms with E-state index < -0.39 is 11.5 Å². The van der Waals surface area contributed by atoms with E-state index in [1.165, 1.54) is 30.5 Å². The van der Waals surface area contributed by atoms with Gasteiger partial charge in [-0.25, -0.2) is 0 Å². The van der Waals surface area contributed by atoms with Gasteiger partial charge in [-0.3, -0.25) is 4.90 Å². The van der Waals surface area contributed by atoms with E-state index in [9.17, 15) is 10.2 Å². The second kappa shape index (κ2) is 7.22. The summed E-state index contributed by atoms with van der Waals surface area (Å²) >= 11 is 0. The fourth-order valence-corrected chi connectivity index (χ4v) is 8.35. The van der Waals surface area contributed by atoms with Crippen LogP contribution in [0.5, 0.6) is 11.5 Å². The molecule has 3 aliphatic carbocycles. The Morgan fingerprint density at radius 2 is 1.97 bits per heavy atom. The van der Waals surface area contributed by atoms with Crippen molar-refractivity contribution < 1.29 is 19.7 Å². The molecule has 2 N–H and O–H groups in total. The van der Waals surface area contributed by atoms with E-state index in [4.69, 9.17) is 9.47 Å². The molecule has 1 spiro atoms. The van der Waals surface area contributed by atoms with Crippen molar-refractivity contribution in [1.29, 1.82) is 0 Å². The number of aromatic hydroxyl groups is 1. The number of phenolic OH excluding ortho intramolecular Hbond substituents is 1. The molecular formula is C29H35NO4. The van der Waals surface area contributed by atoms with Crippen molar-refractivity contribution >= 4 is 0 Å². The number of likely N-dealkylation sites (tertiary alicyclic amines) is 1. The Kier molecular flexibility index (Phi) is 4.51. The fourth-order valence-electron chi connectivity index (χ4n) is 8.35. The van der Waals surface area contributed by atoms with Gasteiger partial charge in [-0.1, -0.05) is 43.3 Å². The number of hydrogen-bond acceptors (Lipinski definition) is 5. The Morgan fingerprint density at radius 1 is 1.18 bits per heavy atom. The van der Waals surface area contributed by atoms with E-state index >= 15 is 0 Å². The molecule has 7 atom stereocenters. The summed E-state index contributed by atoms with van der Waals surface area (Å²) in [5.74, 6) is 2.11. The molecule has 2 heterocycles. The van der Waals surface area contributed by atoms with Crippen LogP contribution in [-0.4, -0.2) is 53.6 Å². The zero-order chi connectivity index (χ0) is 23.2. The fraction of sp³-hybridized carbons (Fsp3) is 0.586. The number of phenols is 1. The number of aliphatic hydroxyl groups is 1. The van der Waals surface area contributed by atoms with Crippen molar-refractivity contribution in [2.45, 2.75) is 68.8 Å². The third-order valence-corrected chi connectivity index (χ3v) is 10.0. The Hall–Kier alpha value is -2.08. The highest BCUT2D eigenvalue weighted by molar-refractivity contribution is 5.61. The van der Waals surface area contributed by atoms with Gasteiger partial charge in [0, 0.05) is 36.1 Å². The van der Waals surface area contributed by atoms with E-state index in [-0.39, 0.29) is 23.4 Å². The minimum Gasteiger partial charge on any atom is -0.504 e. The van der Waals surface area contributed by atoms with Crippen LogP contribution in [0.2, 0.25) is 0 Å². The van der Waals surface area contributed by atoms with Gasteiger partial charge in [0.1, 0.15) is 12.2 Å². The summed E-state index contributed by atoms with van der Waals surface area (Å²) in [7, 11) is 1.76. The normalized spacial score (nSPS) is 38.8. The molecule has 5 nitrogen and oxygen atoms in total. The zero-order valence-electron chi connectivity index (χ0n) is 20.1. The van der Waals surface area contributed by atoms with Crippen molar-refractivity contribution in [1.82, 2.24) is 4.90 Å². The lowest BCUT2D eigenvalue weighted by atomic mass is 9.46. The Balaban J connectivity index is 1.38. The third kappa shape index (κ3) is 2.66. The predicted octanol–water partition coefficient (Wildman–Crippen LogP) is 4.21. The minimum absolute atomic E-state index is 0.164. The largest absolute Gasteiger partial charge is 0.504 e. The first-order valence-electron chi connectivity index (χ1n) is 13.0. The van der Waals surface area contributed by atoms with Gasteiger partial charge in [-0.2, -0.15) is 0 Å². The summed E-state index contributed by atoms with van der Waals surface area (Å²) in [5.41, 5.74) is 2.83. The molecule has 2 unspecified atom stereocenters. The summed E-state index contributed by atoms with van der Waals surface area (Å²) in [5, 5.41) is 22.6. The van der Waals surface area contributed by atoms with Gasteiger partial charge in [0.15, 0.2) is 11.5 Å². The molecule has 34 heavy (non-hydrogen) atoms. The maximum Gasteiger partial charge on any atom is 0.165 e. The van der Waals surface area contributed by atoms with Gasteiger partial charge in [-0.05, 0) is 67.7 Å². The SMILES string of the molecule is COC1[C@@H]2Oc3c(O)ccc4c3[C@@]23CCN(CC2CC2)[C@H](C4)C3C[C@]1(C)[C@H](O)c1ccccc1. The third-order valence-electron chi connectivity index (χ3n) is 10.0. The molecule has 2 saturated carbocycles. The highest BCUT2D eigenvalue weighted by Crippen LogP contribution is 2.68. The lowest BCUT2D eigenvalue weighted by Crippen LogP contribution is -2.71. The monoisotopic (exact) mass is 461 g/mol. The Bertz CT molecular complexity index is 1120. The molecule has 5 heteroatoms. The van der Waals surface area contributed by atoms with Gasteiger partial charge in [0.25, 0.3) is 0 Å². The van der Waals surface area contributed by atoms with Crippen LogP contribution in [0.15, 0.2) is 42.5 Å². The highest BCUT2D eigenvalue weighted by atomic mass is 16.5. The molecule has 7 rings (SSSR count). The summed E-state index contributed by atoms with van der Waals surface area (Å²) in [6.45, 7) is 4.45. The number of methoxy groups -OCH3 is 1. The highest BCUT2D eigenvalue weighted by Gasteiger charge is 2.71. The quantitative estimate of drug-likeness (QED) is 0.699. The van der Waals surface area contributed by atoms with Gasteiger partial charge in [0.2, 0.25) is 0 Å². The molecule has 0 amide bonds. The molecule has 2 aliphatic heterocycles. The molecule has 1 saturated heterocycles. The van der Waals surface area contributed by atoms with Crippen molar-refractivity contribution in [2.24, 2.45) is 17.3 Å². The molecule has 2 aromatic rings. The molecule has 5 aliphatic rings. The van der Waals surface area contributed by atoms with E-state index in [1.807, 2.05) is 36.4 Å². The topological polar surface area (TPSA) is 62.2 Å². The van der Waals surface area contributed by atoms with Gasteiger partial charge >= 0.3 is 0 Å². The zero-order valence-corrected chi connectivity index (χ0v) is 20.1. The number of aliphatic hydroxyl groups excluding tert-OH is 1. The number of rotatable bonds is 5. The first kappa shape index (κ1) is 21.2. The second-order valence-electron chi connectivity index (χ2n) is 11.8. The van der Waals surface area contributed by atoms with Crippen LogP contribution in [0, 0.1) is 17.3 Å².